The van der Waals surface area contributed by atoms with Gasteiger partial charge in [0.15, 0.2) is 22.9 Å². The van der Waals surface area contributed by atoms with Gasteiger partial charge in [0.2, 0.25) is 0 Å². The first kappa shape index (κ1) is 18.4. The Morgan fingerprint density at radius 2 is 2.00 bits per heavy atom. The van der Waals surface area contributed by atoms with Crippen LogP contribution in [0.5, 0.6) is 0 Å². The fourth-order valence-corrected chi connectivity index (χ4v) is 3.53. The Morgan fingerprint density at radius 3 is 2.69 bits per heavy atom. The summed E-state index contributed by atoms with van der Waals surface area (Å²) < 4.78 is 31.5. The van der Waals surface area contributed by atoms with E-state index in [1.807, 2.05) is 0 Å². The highest BCUT2D eigenvalue weighted by Crippen LogP contribution is 2.27. The molecule has 0 unspecified atom stereocenters. The minimum atomic E-state index is -0.964. The standard InChI is InChI=1S/C18H18F2N2O3S/c1-10(25-17(24)11-4-2-3-5-11)16(23)22-18-21-15(9-26-18)12-6-7-13(19)14(20)8-12/h6-11H,2-5H2,1H3,(H,21,22,23)/t10-/m0/s1. The van der Waals surface area contributed by atoms with Crippen LogP contribution >= 0.6 is 11.3 Å². The molecule has 5 nitrogen and oxygen atoms in total. The molecule has 0 saturated heterocycles. The number of nitrogens with one attached hydrogen (secondary N) is 1. The second-order valence-corrected chi connectivity index (χ2v) is 7.07. The second kappa shape index (κ2) is 7.90. The molecule has 1 heterocycles. The van der Waals surface area contributed by atoms with E-state index in [1.54, 1.807) is 5.38 Å². The molecule has 1 saturated carbocycles. The predicted octanol–water partition coefficient (Wildman–Crippen LogP) is 4.15. The molecule has 2 aromatic rings. The molecule has 1 aliphatic carbocycles. The van der Waals surface area contributed by atoms with E-state index in [0.29, 0.717) is 16.4 Å². The second-order valence-electron chi connectivity index (χ2n) is 6.22. The lowest BCUT2D eigenvalue weighted by Crippen LogP contribution is -2.31. The smallest absolute Gasteiger partial charge is 0.309 e. The minimum absolute atomic E-state index is 0.120. The van der Waals surface area contributed by atoms with Gasteiger partial charge in [-0.1, -0.05) is 12.8 Å². The third-order valence-electron chi connectivity index (χ3n) is 4.30. The van der Waals surface area contributed by atoms with Crippen LogP contribution in [0.3, 0.4) is 0 Å². The molecule has 0 radical (unpaired) electrons. The summed E-state index contributed by atoms with van der Waals surface area (Å²) in [4.78, 5) is 28.3. The van der Waals surface area contributed by atoms with Crippen molar-refractivity contribution in [2.75, 3.05) is 5.32 Å². The van der Waals surface area contributed by atoms with Crippen LogP contribution in [0.15, 0.2) is 23.6 Å². The Hall–Kier alpha value is -2.35. The van der Waals surface area contributed by atoms with Crippen LogP contribution in [0, 0.1) is 17.6 Å². The number of hydrogen-bond acceptors (Lipinski definition) is 5. The summed E-state index contributed by atoms with van der Waals surface area (Å²) in [5.74, 6) is -2.84. The highest BCUT2D eigenvalue weighted by Gasteiger charge is 2.27. The number of anilines is 1. The number of benzene rings is 1. The van der Waals surface area contributed by atoms with Crippen molar-refractivity contribution in [3.05, 3.63) is 35.2 Å². The van der Waals surface area contributed by atoms with Gasteiger partial charge in [0.25, 0.3) is 5.91 Å². The van der Waals surface area contributed by atoms with E-state index < -0.39 is 23.6 Å². The van der Waals surface area contributed by atoms with E-state index in [4.69, 9.17) is 4.74 Å². The van der Waals surface area contributed by atoms with Crippen LogP contribution in [0.4, 0.5) is 13.9 Å². The van der Waals surface area contributed by atoms with Gasteiger partial charge in [0.05, 0.1) is 11.6 Å². The topological polar surface area (TPSA) is 68.3 Å². The number of ether oxygens (including phenoxy) is 1. The number of halogens is 2. The zero-order valence-corrected chi connectivity index (χ0v) is 14.9. The fourth-order valence-electron chi connectivity index (χ4n) is 2.81. The van der Waals surface area contributed by atoms with E-state index in [2.05, 4.69) is 10.3 Å². The molecule has 0 aliphatic heterocycles. The first-order chi connectivity index (χ1) is 12.4. The predicted molar refractivity (Wildman–Crippen MR) is 93.6 cm³/mol. The SMILES string of the molecule is C[C@H](OC(=O)C1CCCC1)C(=O)Nc1nc(-c2ccc(F)c(F)c2)cs1. The maximum absolute atomic E-state index is 13.3. The van der Waals surface area contributed by atoms with Gasteiger partial charge in [-0.3, -0.25) is 14.9 Å². The molecule has 1 N–H and O–H groups in total. The lowest BCUT2D eigenvalue weighted by atomic mass is 10.1. The minimum Gasteiger partial charge on any atom is -0.452 e. The van der Waals surface area contributed by atoms with Crippen molar-refractivity contribution in [2.45, 2.75) is 38.7 Å². The van der Waals surface area contributed by atoms with Gasteiger partial charge in [-0.25, -0.2) is 13.8 Å². The van der Waals surface area contributed by atoms with E-state index >= 15 is 0 Å². The van der Waals surface area contributed by atoms with Gasteiger partial charge < -0.3 is 4.74 Å². The number of carbonyl (C=O) groups is 2. The molecule has 0 bridgehead atoms. The Balaban J connectivity index is 1.60. The zero-order chi connectivity index (χ0) is 18.7. The summed E-state index contributed by atoms with van der Waals surface area (Å²) in [5, 5.41) is 4.49. The first-order valence-electron chi connectivity index (χ1n) is 8.36. The molecule has 1 amide bonds. The molecule has 1 atom stereocenters. The van der Waals surface area contributed by atoms with Crippen molar-refractivity contribution < 1.29 is 23.1 Å². The van der Waals surface area contributed by atoms with Crippen molar-refractivity contribution in [3.63, 3.8) is 0 Å². The number of hydrogen-bond donors (Lipinski definition) is 1. The zero-order valence-electron chi connectivity index (χ0n) is 14.1. The van der Waals surface area contributed by atoms with Crippen molar-refractivity contribution in [1.82, 2.24) is 4.98 Å². The molecule has 3 rings (SSSR count). The van der Waals surface area contributed by atoms with Crippen LogP contribution in [-0.4, -0.2) is 23.0 Å². The first-order valence-corrected chi connectivity index (χ1v) is 9.24. The summed E-state index contributed by atoms with van der Waals surface area (Å²) in [6, 6.07) is 3.47. The van der Waals surface area contributed by atoms with Gasteiger partial charge in [0.1, 0.15) is 0 Å². The third kappa shape index (κ3) is 4.24. The molecule has 1 aromatic heterocycles. The van der Waals surface area contributed by atoms with Gasteiger partial charge >= 0.3 is 5.97 Å². The van der Waals surface area contributed by atoms with Crippen molar-refractivity contribution in [3.8, 4) is 11.3 Å². The average Bonchev–Trinajstić information content (AvgIpc) is 3.29. The maximum atomic E-state index is 13.3. The lowest BCUT2D eigenvalue weighted by Gasteiger charge is -2.15. The van der Waals surface area contributed by atoms with Crippen LogP contribution < -0.4 is 5.32 Å². The highest BCUT2D eigenvalue weighted by atomic mass is 32.1. The number of nitrogens with zero attached hydrogens (tertiary/aromatic N) is 1. The number of amides is 1. The molecule has 1 fully saturated rings. The molecule has 1 aromatic carbocycles. The molecular weight excluding hydrogens is 362 g/mol. The van der Waals surface area contributed by atoms with Gasteiger partial charge in [0, 0.05) is 10.9 Å². The number of carbonyl (C=O) groups excluding carboxylic acids is 2. The molecule has 0 spiro atoms. The lowest BCUT2D eigenvalue weighted by molar-refractivity contribution is -0.157. The number of aromatic nitrogens is 1. The molecular formula is C18H18F2N2O3S. The number of esters is 1. The number of rotatable bonds is 5. The van der Waals surface area contributed by atoms with Crippen molar-refractivity contribution in [2.24, 2.45) is 5.92 Å². The molecule has 1 aliphatic rings. The van der Waals surface area contributed by atoms with Crippen LogP contribution in [0.2, 0.25) is 0 Å². The van der Waals surface area contributed by atoms with Crippen LogP contribution in [0.25, 0.3) is 11.3 Å². The summed E-state index contributed by atoms with van der Waals surface area (Å²) in [5.41, 5.74) is 0.821. The highest BCUT2D eigenvalue weighted by molar-refractivity contribution is 7.14. The van der Waals surface area contributed by atoms with Gasteiger partial charge in [-0.05, 0) is 38.0 Å². The number of thiazole rings is 1. The summed E-state index contributed by atoms with van der Waals surface area (Å²) in [6.45, 7) is 1.51. The Labute approximate surface area is 153 Å². The fraction of sp³-hybridized carbons (Fsp3) is 0.389. The summed E-state index contributed by atoms with van der Waals surface area (Å²) >= 11 is 1.14. The van der Waals surface area contributed by atoms with Crippen molar-refractivity contribution in [1.29, 1.82) is 0 Å². The maximum Gasteiger partial charge on any atom is 0.309 e. The van der Waals surface area contributed by atoms with Gasteiger partial charge in [-0.2, -0.15) is 0 Å². The van der Waals surface area contributed by atoms with E-state index in [9.17, 15) is 18.4 Å². The van der Waals surface area contributed by atoms with Crippen LogP contribution in [-0.2, 0) is 14.3 Å². The van der Waals surface area contributed by atoms with Crippen molar-refractivity contribution >= 4 is 28.3 Å². The largest absolute Gasteiger partial charge is 0.452 e. The van der Waals surface area contributed by atoms with Gasteiger partial charge in [-0.15, -0.1) is 11.3 Å². The van der Waals surface area contributed by atoms with E-state index in [0.717, 1.165) is 49.2 Å². The third-order valence-corrected chi connectivity index (χ3v) is 5.06. The summed E-state index contributed by atoms with van der Waals surface area (Å²) in [7, 11) is 0. The quantitative estimate of drug-likeness (QED) is 0.792. The molecule has 8 heteroatoms. The Bertz CT molecular complexity index is 819. The van der Waals surface area contributed by atoms with Crippen LogP contribution in [0.1, 0.15) is 32.6 Å². The summed E-state index contributed by atoms with van der Waals surface area (Å²) in [6.07, 6.45) is 2.69. The monoisotopic (exact) mass is 380 g/mol. The van der Waals surface area contributed by atoms with E-state index in [1.165, 1.54) is 13.0 Å². The molecule has 26 heavy (non-hydrogen) atoms. The van der Waals surface area contributed by atoms with E-state index in [-0.39, 0.29) is 11.9 Å². The normalized spacial score (nSPS) is 15.7. The Morgan fingerprint density at radius 1 is 1.27 bits per heavy atom. The molecule has 138 valence electrons. The Kier molecular flexibility index (Phi) is 5.61. The average molecular weight is 380 g/mol.